The van der Waals surface area contributed by atoms with Crippen molar-refractivity contribution in [3.63, 3.8) is 0 Å². The number of fused-ring (bicyclic) bond motifs is 1. The minimum Gasteiger partial charge on any atom is -0.494 e. The van der Waals surface area contributed by atoms with E-state index in [9.17, 15) is 4.79 Å². The Kier molecular flexibility index (Phi) is 7.63. The van der Waals surface area contributed by atoms with Gasteiger partial charge in [-0.15, -0.1) is 11.8 Å². The Hall–Kier alpha value is -3.72. The first kappa shape index (κ1) is 26.3. The van der Waals surface area contributed by atoms with Crippen LogP contribution in [0.1, 0.15) is 32.4 Å². The largest absolute Gasteiger partial charge is 0.494 e. The molecule has 8 nitrogen and oxygen atoms in total. The predicted octanol–water partition coefficient (Wildman–Crippen LogP) is 5.69. The zero-order chi connectivity index (χ0) is 26.7. The summed E-state index contributed by atoms with van der Waals surface area (Å²) < 4.78 is 5.67. The van der Waals surface area contributed by atoms with Gasteiger partial charge >= 0.3 is 0 Å². The number of carbonyl (C=O) groups is 1. The van der Waals surface area contributed by atoms with Crippen LogP contribution in [0, 0.1) is 0 Å². The minimum absolute atomic E-state index is 0.0501. The van der Waals surface area contributed by atoms with Gasteiger partial charge in [0.15, 0.2) is 0 Å². The van der Waals surface area contributed by atoms with Gasteiger partial charge in [-0.2, -0.15) is 0 Å². The number of allylic oxidation sites excluding steroid dienone is 1. The van der Waals surface area contributed by atoms with Crippen LogP contribution in [-0.2, 0) is 4.79 Å². The van der Waals surface area contributed by atoms with Gasteiger partial charge in [0.1, 0.15) is 5.75 Å². The van der Waals surface area contributed by atoms with Crippen LogP contribution in [0.5, 0.6) is 5.75 Å². The third-order valence-electron chi connectivity index (χ3n) is 5.78. The second-order valence-corrected chi connectivity index (χ2v) is 11.1. The molecular formula is C28H34N6O2S. The monoisotopic (exact) mass is 518 g/mol. The predicted molar refractivity (Wildman–Crippen MR) is 158 cm³/mol. The van der Waals surface area contributed by atoms with Crippen molar-refractivity contribution in [1.82, 2.24) is 0 Å². The summed E-state index contributed by atoms with van der Waals surface area (Å²) in [5.74, 6) is 0.790. The van der Waals surface area contributed by atoms with Gasteiger partial charge in [-0.25, -0.2) is 9.98 Å². The summed E-state index contributed by atoms with van der Waals surface area (Å²) in [7, 11) is 5.42. The van der Waals surface area contributed by atoms with Crippen molar-refractivity contribution >= 4 is 52.1 Å². The molecule has 3 N–H and O–H groups in total. The van der Waals surface area contributed by atoms with Crippen LogP contribution in [0.3, 0.4) is 0 Å². The average Bonchev–Trinajstić information content (AvgIpc) is 3.31. The molecule has 0 bridgehead atoms. The minimum atomic E-state index is -0.297. The number of ether oxygens (including phenoxy) is 1. The lowest BCUT2D eigenvalue weighted by molar-refractivity contribution is -0.111. The number of anilines is 4. The molecule has 2 heterocycles. The number of guanidine groups is 1. The maximum Gasteiger partial charge on any atom is 0.247 e. The van der Waals surface area contributed by atoms with Gasteiger partial charge in [-0.1, -0.05) is 18.7 Å². The summed E-state index contributed by atoms with van der Waals surface area (Å²) in [5.41, 5.74) is 5.14. The number of benzene rings is 2. The highest BCUT2D eigenvalue weighted by atomic mass is 32.2. The fraction of sp³-hybridized carbons (Fsp3) is 0.321. The molecule has 2 aliphatic heterocycles. The third-order valence-corrected chi connectivity index (χ3v) is 6.86. The molecule has 2 aromatic carbocycles. The number of nitrogens with zero attached hydrogens (tertiary/aromatic N) is 3. The van der Waals surface area contributed by atoms with Gasteiger partial charge in [-0.3, -0.25) is 4.79 Å². The number of methoxy groups -OCH3 is 1. The molecule has 0 spiro atoms. The van der Waals surface area contributed by atoms with E-state index < -0.39 is 0 Å². The Bertz CT molecular complexity index is 1290. The summed E-state index contributed by atoms with van der Waals surface area (Å²) >= 11 is 1.73. The zero-order valence-electron chi connectivity index (χ0n) is 22.1. The van der Waals surface area contributed by atoms with E-state index in [1.165, 1.54) is 6.08 Å². The summed E-state index contributed by atoms with van der Waals surface area (Å²) in [5, 5.41) is 11.9. The molecule has 4 rings (SSSR count). The van der Waals surface area contributed by atoms with Crippen molar-refractivity contribution < 1.29 is 9.53 Å². The van der Waals surface area contributed by atoms with Crippen molar-refractivity contribution in [2.75, 3.05) is 42.1 Å². The van der Waals surface area contributed by atoms with Crippen LogP contribution in [0.4, 0.5) is 22.7 Å². The van der Waals surface area contributed by atoms with Crippen LogP contribution in [0.15, 0.2) is 70.5 Å². The van der Waals surface area contributed by atoms with Gasteiger partial charge in [-0.05, 0) is 62.1 Å². The van der Waals surface area contributed by atoms with E-state index in [4.69, 9.17) is 14.7 Å². The molecule has 0 saturated heterocycles. The highest BCUT2D eigenvalue weighted by molar-refractivity contribution is 8.04. The highest BCUT2D eigenvalue weighted by Crippen LogP contribution is 2.41. The first-order chi connectivity index (χ1) is 17.6. The van der Waals surface area contributed by atoms with E-state index in [1.54, 1.807) is 18.9 Å². The van der Waals surface area contributed by atoms with Gasteiger partial charge < -0.3 is 25.6 Å². The summed E-state index contributed by atoms with van der Waals surface area (Å²) in [6, 6.07) is 12.0. The maximum atomic E-state index is 12.1. The van der Waals surface area contributed by atoms with E-state index in [0.29, 0.717) is 23.1 Å². The summed E-state index contributed by atoms with van der Waals surface area (Å²) in [6.07, 6.45) is 3.28. The maximum absolute atomic E-state index is 12.1. The number of nitrogens with one attached hydrogen (secondary N) is 3. The Labute approximate surface area is 223 Å². The fourth-order valence-electron chi connectivity index (χ4n) is 4.20. The molecule has 37 heavy (non-hydrogen) atoms. The van der Waals surface area contributed by atoms with E-state index in [-0.39, 0.29) is 22.7 Å². The average molecular weight is 519 g/mol. The van der Waals surface area contributed by atoms with E-state index >= 15 is 0 Å². The quantitative estimate of drug-likeness (QED) is 0.408. The van der Waals surface area contributed by atoms with Crippen molar-refractivity contribution in [3.05, 3.63) is 66.1 Å². The van der Waals surface area contributed by atoms with Gasteiger partial charge in [0.05, 0.1) is 41.2 Å². The van der Waals surface area contributed by atoms with Gasteiger partial charge in [0.25, 0.3) is 0 Å². The molecule has 0 aromatic heterocycles. The Morgan fingerprint density at radius 1 is 1.19 bits per heavy atom. The molecule has 2 aromatic rings. The first-order valence-corrected chi connectivity index (χ1v) is 13.0. The Morgan fingerprint density at radius 3 is 2.65 bits per heavy atom. The van der Waals surface area contributed by atoms with Crippen molar-refractivity contribution in [1.29, 1.82) is 0 Å². The van der Waals surface area contributed by atoms with Crippen LogP contribution < -0.4 is 25.6 Å². The third kappa shape index (κ3) is 6.17. The molecule has 2 atom stereocenters. The lowest BCUT2D eigenvalue weighted by Gasteiger charge is -2.27. The second-order valence-electron chi connectivity index (χ2n) is 10.1. The molecule has 9 heteroatoms. The highest BCUT2D eigenvalue weighted by Gasteiger charge is 2.33. The molecule has 0 aliphatic carbocycles. The smallest absolute Gasteiger partial charge is 0.247 e. The van der Waals surface area contributed by atoms with Crippen molar-refractivity contribution in [3.8, 4) is 5.75 Å². The zero-order valence-corrected chi connectivity index (χ0v) is 22.9. The number of carbonyl (C=O) groups excluding carboxylic acids is 1. The molecule has 1 amide bonds. The molecule has 2 unspecified atom stereocenters. The molecule has 0 fully saturated rings. The fourth-order valence-corrected chi connectivity index (χ4v) is 5.22. The van der Waals surface area contributed by atoms with E-state index in [1.807, 2.05) is 37.2 Å². The van der Waals surface area contributed by atoms with Crippen LogP contribution in [-0.4, -0.2) is 49.6 Å². The van der Waals surface area contributed by atoms with Gasteiger partial charge in [0, 0.05) is 31.4 Å². The molecule has 194 valence electrons. The van der Waals surface area contributed by atoms with E-state index in [2.05, 4.69) is 73.0 Å². The van der Waals surface area contributed by atoms with Crippen LogP contribution >= 0.6 is 11.8 Å². The SMILES string of the molecule is C=CC(=O)Nc1cc(NC2=NC(c3cccc(NC(C)(C)C)c3)C3SC=CC3=N2)c(OC)cc1N(C)C. The summed E-state index contributed by atoms with van der Waals surface area (Å²) in [4.78, 5) is 23.8. The van der Waals surface area contributed by atoms with Crippen LogP contribution in [0.25, 0.3) is 0 Å². The molecule has 0 radical (unpaired) electrons. The molecule has 0 saturated carbocycles. The molecule has 2 aliphatic rings. The number of hydrogen-bond acceptors (Lipinski definition) is 8. The lowest BCUT2D eigenvalue weighted by atomic mass is 9.99. The second kappa shape index (κ2) is 10.7. The number of rotatable bonds is 7. The lowest BCUT2D eigenvalue weighted by Crippen LogP contribution is -2.29. The van der Waals surface area contributed by atoms with Gasteiger partial charge in [0.2, 0.25) is 11.9 Å². The standard InChI is InChI=1S/C28H34N6O2S/c1-8-24(35)29-20-15-21(23(36-7)16-22(20)34(5)6)31-27-30-19-12-13-37-26(19)25(32-27)17-10-9-11-18(14-17)33-28(2,3)4/h8-16,25-26,33H,1H2,2-7H3,(H,29,35)(H,31,32). The number of hydrogen-bond donors (Lipinski definition) is 3. The first-order valence-electron chi connectivity index (χ1n) is 12.0. The molecular weight excluding hydrogens is 484 g/mol. The van der Waals surface area contributed by atoms with Crippen LogP contribution in [0.2, 0.25) is 0 Å². The topological polar surface area (TPSA) is 90.3 Å². The number of amides is 1. The summed E-state index contributed by atoms with van der Waals surface area (Å²) in [6.45, 7) is 9.98. The Balaban J connectivity index is 1.71. The van der Waals surface area contributed by atoms with Crippen molar-refractivity contribution in [2.45, 2.75) is 37.6 Å². The van der Waals surface area contributed by atoms with Crippen molar-refractivity contribution in [2.24, 2.45) is 9.98 Å². The number of aliphatic imine (C=N–C) groups is 2. The number of thioether (sulfide) groups is 1. The normalized spacial score (nSPS) is 18.3. The Morgan fingerprint density at radius 2 is 1.97 bits per heavy atom. The van der Waals surface area contributed by atoms with E-state index in [0.717, 1.165) is 22.6 Å².